The van der Waals surface area contributed by atoms with Crippen LogP contribution in [0.3, 0.4) is 0 Å². The fourth-order valence-corrected chi connectivity index (χ4v) is 3.56. The first kappa shape index (κ1) is 16.4. The molecular weight excluding hydrogens is 361 g/mol. The van der Waals surface area contributed by atoms with E-state index in [4.69, 9.17) is 28.0 Å². The number of carbonyl (C=O) groups excluding carboxylic acids is 1. The summed E-state index contributed by atoms with van der Waals surface area (Å²) in [6, 6.07) is 7.21. The van der Waals surface area contributed by atoms with Crippen LogP contribution < -0.4 is 4.90 Å². The van der Waals surface area contributed by atoms with Crippen LogP contribution in [0, 0.1) is 5.92 Å². The Hall–Kier alpha value is -2.11. The molecular formula is C18H15Cl2N3O2. The van der Waals surface area contributed by atoms with Gasteiger partial charge in [0.15, 0.2) is 0 Å². The van der Waals surface area contributed by atoms with Crippen molar-refractivity contribution in [3.63, 3.8) is 0 Å². The van der Waals surface area contributed by atoms with Gasteiger partial charge in [-0.1, -0.05) is 34.4 Å². The molecule has 2 aromatic rings. The Balaban J connectivity index is 1.52. The van der Waals surface area contributed by atoms with E-state index in [2.05, 4.69) is 10.1 Å². The number of oxime groups is 1. The lowest BCUT2D eigenvalue weighted by Crippen LogP contribution is -2.32. The molecule has 0 bridgehead atoms. The van der Waals surface area contributed by atoms with Gasteiger partial charge < -0.3 is 9.74 Å². The number of carbonyl (C=O) groups is 1. The van der Waals surface area contributed by atoms with Gasteiger partial charge in [-0.05, 0) is 30.2 Å². The van der Waals surface area contributed by atoms with Gasteiger partial charge in [0.1, 0.15) is 6.61 Å². The standard InChI is InChI=1S/C18H15Cl2N3O2/c19-14-2-1-11(7-15(14)20)18-13(10-25-22-18)8-17(24)23-6-4-12-9-21-5-3-16(12)23/h1-3,5,7,9,13H,4,6,8,10H2. The van der Waals surface area contributed by atoms with Gasteiger partial charge >= 0.3 is 0 Å². The van der Waals surface area contributed by atoms with Gasteiger partial charge in [0.2, 0.25) is 5.91 Å². The second-order valence-corrected chi connectivity index (χ2v) is 6.92. The molecule has 0 saturated carbocycles. The maximum absolute atomic E-state index is 12.8. The largest absolute Gasteiger partial charge is 0.395 e. The fraction of sp³-hybridized carbons (Fsp3) is 0.278. The van der Waals surface area contributed by atoms with Gasteiger partial charge in [-0.25, -0.2) is 0 Å². The molecule has 1 aromatic heterocycles. The molecule has 2 aliphatic heterocycles. The fourth-order valence-electron chi connectivity index (χ4n) is 3.26. The quantitative estimate of drug-likeness (QED) is 0.821. The van der Waals surface area contributed by atoms with Crippen molar-refractivity contribution >= 4 is 40.5 Å². The van der Waals surface area contributed by atoms with Gasteiger partial charge in [-0.15, -0.1) is 0 Å². The lowest BCUT2D eigenvalue weighted by molar-refractivity contribution is -0.119. The second kappa shape index (κ2) is 6.65. The third-order valence-electron chi connectivity index (χ3n) is 4.54. The number of anilines is 1. The van der Waals surface area contributed by atoms with E-state index in [1.165, 1.54) is 0 Å². The average molecular weight is 376 g/mol. The van der Waals surface area contributed by atoms with Crippen LogP contribution in [0.5, 0.6) is 0 Å². The van der Waals surface area contributed by atoms with E-state index in [-0.39, 0.29) is 11.8 Å². The number of hydrogen-bond acceptors (Lipinski definition) is 4. The summed E-state index contributed by atoms with van der Waals surface area (Å²) in [6.45, 7) is 1.07. The summed E-state index contributed by atoms with van der Waals surface area (Å²) in [6.07, 6.45) is 4.71. The summed E-state index contributed by atoms with van der Waals surface area (Å²) in [5.74, 6) is -0.0381. The molecule has 2 aliphatic rings. The Morgan fingerprint density at radius 2 is 2.16 bits per heavy atom. The summed E-state index contributed by atoms with van der Waals surface area (Å²) in [4.78, 5) is 24.0. The number of pyridine rings is 1. The van der Waals surface area contributed by atoms with E-state index in [1.807, 2.05) is 23.2 Å². The second-order valence-electron chi connectivity index (χ2n) is 6.10. The Kier molecular flexibility index (Phi) is 4.36. The van der Waals surface area contributed by atoms with Crippen LogP contribution in [0.15, 0.2) is 41.8 Å². The predicted octanol–water partition coefficient (Wildman–Crippen LogP) is 3.72. The predicted molar refractivity (Wildman–Crippen MR) is 97.4 cm³/mol. The van der Waals surface area contributed by atoms with E-state index < -0.39 is 0 Å². The molecule has 7 heteroatoms. The molecule has 0 N–H and O–H groups in total. The first-order chi connectivity index (χ1) is 12.1. The van der Waals surface area contributed by atoms with Crippen molar-refractivity contribution in [1.82, 2.24) is 4.98 Å². The lowest BCUT2D eigenvalue weighted by Gasteiger charge is -2.19. The minimum atomic E-state index is -0.101. The number of amides is 1. The van der Waals surface area contributed by atoms with Crippen molar-refractivity contribution in [2.45, 2.75) is 12.8 Å². The molecule has 0 spiro atoms. The molecule has 128 valence electrons. The molecule has 0 saturated heterocycles. The zero-order valence-electron chi connectivity index (χ0n) is 13.3. The Bertz CT molecular complexity index is 869. The van der Waals surface area contributed by atoms with E-state index in [0.717, 1.165) is 28.9 Å². The molecule has 1 unspecified atom stereocenters. The van der Waals surface area contributed by atoms with E-state index in [1.54, 1.807) is 18.3 Å². The van der Waals surface area contributed by atoms with E-state index in [9.17, 15) is 4.79 Å². The normalized spacial score (nSPS) is 18.7. The van der Waals surface area contributed by atoms with Gasteiger partial charge in [0.25, 0.3) is 0 Å². The molecule has 5 nitrogen and oxygen atoms in total. The van der Waals surface area contributed by atoms with Gasteiger partial charge in [0, 0.05) is 36.6 Å². The minimum absolute atomic E-state index is 0.0632. The molecule has 0 fully saturated rings. The van der Waals surface area contributed by atoms with Crippen molar-refractivity contribution in [3.05, 3.63) is 57.8 Å². The molecule has 0 aliphatic carbocycles. The van der Waals surface area contributed by atoms with Crippen LogP contribution in [0.2, 0.25) is 10.0 Å². The van der Waals surface area contributed by atoms with E-state index in [0.29, 0.717) is 29.6 Å². The Morgan fingerprint density at radius 1 is 1.28 bits per heavy atom. The van der Waals surface area contributed by atoms with Crippen molar-refractivity contribution in [1.29, 1.82) is 0 Å². The van der Waals surface area contributed by atoms with Crippen LogP contribution >= 0.6 is 23.2 Å². The van der Waals surface area contributed by atoms with Gasteiger partial charge in [0.05, 0.1) is 21.7 Å². The summed E-state index contributed by atoms with van der Waals surface area (Å²) >= 11 is 12.1. The number of fused-ring (bicyclic) bond motifs is 1. The van der Waals surface area contributed by atoms with Crippen molar-refractivity contribution < 1.29 is 9.63 Å². The number of halogens is 2. The van der Waals surface area contributed by atoms with Crippen molar-refractivity contribution in [2.24, 2.45) is 11.1 Å². The summed E-state index contributed by atoms with van der Waals surface area (Å²) in [5, 5.41) is 5.06. The van der Waals surface area contributed by atoms with Crippen LogP contribution in [0.1, 0.15) is 17.5 Å². The number of aromatic nitrogens is 1. The Labute approximate surface area is 155 Å². The van der Waals surface area contributed by atoms with Crippen LogP contribution in [-0.4, -0.2) is 29.8 Å². The molecule has 1 amide bonds. The molecule has 4 rings (SSSR count). The Morgan fingerprint density at radius 3 is 3.00 bits per heavy atom. The summed E-state index contributed by atoms with van der Waals surface area (Å²) in [7, 11) is 0. The van der Waals surface area contributed by atoms with Crippen LogP contribution in [0.25, 0.3) is 0 Å². The van der Waals surface area contributed by atoms with Crippen molar-refractivity contribution in [2.75, 3.05) is 18.1 Å². The SMILES string of the molecule is O=C(CC1CON=C1c1ccc(Cl)c(Cl)c1)N1CCc2cnccc21. The first-order valence-electron chi connectivity index (χ1n) is 8.02. The highest BCUT2D eigenvalue weighted by Crippen LogP contribution is 2.30. The van der Waals surface area contributed by atoms with Gasteiger partial charge in [-0.3, -0.25) is 9.78 Å². The number of nitrogens with zero attached hydrogens (tertiary/aromatic N) is 3. The smallest absolute Gasteiger partial charge is 0.227 e. The highest BCUT2D eigenvalue weighted by Gasteiger charge is 2.32. The lowest BCUT2D eigenvalue weighted by atomic mass is 9.94. The van der Waals surface area contributed by atoms with Crippen molar-refractivity contribution in [3.8, 4) is 0 Å². The molecule has 25 heavy (non-hydrogen) atoms. The minimum Gasteiger partial charge on any atom is -0.395 e. The molecule has 0 radical (unpaired) electrons. The third-order valence-corrected chi connectivity index (χ3v) is 5.28. The average Bonchev–Trinajstić information content (AvgIpc) is 3.24. The van der Waals surface area contributed by atoms with Gasteiger partial charge in [-0.2, -0.15) is 0 Å². The highest BCUT2D eigenvalue weighted by atomic mass is 35.5. The maximum Gasteiger partial charge on any atom is 0.227 e. The first-order valence-corrected chi connectivity index (χ1v) is 8.77. The molecule has 1 atom stereocenters. The van der Waals surface area contributed by atoms with E-state index >= 15 is 0 Å². The monoisotopic (exact) mass is 375 g/mol. The number of hydrogen-bond donors (Lipinski definition) is 0. The molecule has 3 heterocycles. The number of benzene rings is 1. The third kappa shape index (κ3) is 3.10. The zero-order valence-corrected chi connectivity index (χ0v) is 14.8. The summed E-state index contributed by atoms with van der Waals surface area (Å²) in [5.41, 5.74) is 3.63. The molecule has 1 aromatic carbocycles. The topological polar surface area (TPSA) is 54.8 Å². The highest BCUT2D eigenvalue weighted by molar-refractivity contribution is 6.42. The van der Waals surface area contributed by atoms with Crippen LogP contribution in [0.4, 0.5) is 5.69 Å². The zero-order chi connectivity index (χ0) is 17.4. The number of rotatable bonds is 3. The maximum atomic E-state index is 12.8. The summed E-state index contributed by atoms with van der Waals surface area (Å²) < 4.78 is 0. The van der Waals surface area contributed by atoms with Crippen LogP contribution in [-0.2, 0) is 16.1 Å².